The Balaban J connectivity index is 1.62. The predicted octanol–water partition coefficient (Wildman–Crippen LogP) is 5.17. The number of halogens is 3. The van der Waals surface area contributed by atoms with E-state index in [1.54, 1.807) is 6.92 Å². The van der Waals surface area contributed by atoms with Crippen molar-refractivity contribution >= 4 is 5.97 Å². The van der Waals surface area contributed by atoms with Gasteiger partial charge in [-0.15, -0.1) is 0 Å². The van der Waals surface area contributed by atoms with E-state index < -0.39 is 17.2 Å². The zero-order valence-corrected chi connectivity index (χ0v) is 16.9. The van der Waals surface area contributed by atoms with Gasteiger partial charge in [0.2, 0.25) is 0 Å². The van der Waals surface area contributed by atoms with Gasteiger partial charge in [-0.05, 0) is 68.1 Å². The van der Waals surface area contributed by atoms with Gasteiger partial charge < -0.3 is 9.84 Å². The fourth-order valence-corrected chi connectivity index (χ4v) is 7.44. The van der Waals surface area contributed by atoms with Crippen LogP contribution in [0.2, 0.25) is 0 Å². The van der Waals surface area contributed by atoms with Crippen molar-refractivity contribution in [3.8, 4) is 0 Å². The molecule has 3 nitrogen and oxygen atoms in total. The highest BCUT2D eigenvalue weighted by Crippen LogP contribution is 2.69. The predicted molar refractivity (Wildman–Crippen MR) is 98.3 cm³/mol. The van der Waals surface area contributed by atoms with Gasteiger partial charge in [-0.3, -0.25) is 4.79 Å². The van der Waals surface area contributed by atoms with Crippen LogP contribution in [0.4, 0.5) is 13.2 Å². The van der Waals surface area contributed by atoms with Crippen LogP contribution in [0.3, 0.4) is 0 Å². The number of fused-ring (bicyclic) bond motifs is 5. The molecule has 0 spiro atoms. The van der Waals surface area contributed by atoms with Crippen molar-refractivity contribution in [2.45, 2.75) is 90.0 Å². The van der Waals surface area contributed by atoms with E-state index in [1.807, 2.05) is 0 Å². The molecular weight excluding hydrogens is 369 g/mol. The molecule has 0 aromatic heterocycles. The Kier molecular flexibility index (Phi) is 4.50. The van der Waals surface area contributed by atoms with Crippen molar-refractivity contribution in [2.24, 2.45) is 28.6 Å². The highest BCUT2D eigenvalue weighted by Gasteiger charge is 2.72. The van der Waals surface area contributed by atoms with Gasteiger partial charge in [-0.2, -0.15) is 13.2 Å². The van der Waals surface area contributed by atoms with E-state index in [-0.39, 0.29) is 35.7 Å². The van der Waals surface area contributed by atoms with Gasteiger partial charge >= 0.3 is 12.1 Å². The molecule has 1 N–H and O–H groups in total. The molecule has 6 heteroatoms. The van der Waals surface area contributed by atoms with E-state index in [4.69, 9.17) is 4.74 Å². The number of carbonyl (C=O) groups excluding carboxylic acids is 1. The second kappa shape index (κ2) is 6.23. The molecule has 0 amide bonds. The molecule has 4 aliphatic rings. The standard InChI is InChI=1S/C22H31F3O3/c1-13(26)28-15-6-9-19(2)14(12-15)4-5-16-17(19)7-10-20(3)18(16)8-11-21(20,27)22(23,24)25/h4,15-18,27H,5-12H2,1-3H3/t15?,16?,17?,18?,19-,20-,21-/m0/s1. The van der Waals surface area contributed by atoms with Gasteiger partial charge in [0.15, 0.2) is 5.60 Å². The minimum Gasteiger partial charge on any atom is -0.462 e. The first-order valence-electron chi connectivity index (χ1n) is 10.6. The number of hydrogen-bond acceptors (Lipinski definition) is 3. The fraction of sp³-hybridized carbons (Fsp3) is 0.864. The quantitative estimate of drug-likeness (QED) is 0.488. The van der Waals surface area contributed by atoms with E-state index in [1.165, 1.54) is 12.5 Å². The van der Waals surface area contributed by atoms with Crippen LogP contribution in [-0.2, 0) is 9.53 Å². The van der Waals surface area contributed by atoms with Crippen molar-refractivity contribution in [1.82, 2.24) is 0 Å². The lowest BCUT2D eigenvalue weighted by Crippen LogP contribution is -2.60. The van der Waals surface area contributed by atoms with Crippen LogP contribution in [0, 0.1) is 28.6 Å². The van der Waals surface area contributed by atoms with E-state index in [2.05, 4.69) is 13.0 Å². The zero-order chi connectivity index (χ0) is 20.5. The van der Waals surface area contributed by atoms with Crippen LogP contribution in [0.5, 0.6) is 0 Å². The first-order valence-corrected chi connectivity index (χ1v) is 10.6. The van der Waals surface area contributed by atoms with Crippen molar-refractivity contribution in [3.05, 3.63) is 11.6 Å². The molecule has 4 rings (SSSR count). The first kappa shape index (κ1) is 20.2. The van der Waals surface area contributed by atoms with Crippen molar-refractivity contribution in [1.29, 1.82) is 0 Å². The molecule has 0 heterocycles. The molecule has 3 fully saturated rings. The number of ether oxygens (including phenoxy) is 1. The number of esters is 1. The van der Waals surface area contributed by atoms with E-state index in [9.17, 15) is 23.1 Å². The third-order valence-electron chi connectivity index (χ3n) is 9.01. The molecule has 3 saturated carbocycles. The van der Waals surface area contributed by atoms with Gasteiger partial charge in [0.1, 0.15) is 6.10 Å². The Hall–Kier alpha value is -1.04. The fourth-order valence-electron chi connectivity index (χ4n) is 7.44. The lowest BCUT2D eigenvalue weighted by molar-refractivity contribution is -0.302. The molecule has 4 aliphatic carbocycles. The molecule has 0 bridgehead atoms. The van der Waals surface area contributed by atoms with Gasteiger partial charge in [0.25, 0.3) is 0 Å². The van der Waals surface area contributed by atoms with Crippen molar-refractivity contribution in [2.75, 3.05) is 0 Å². The maximum atomic E-state index is 13.8. The lowest BCUT2D eigenvalue weighted by Gasteiger charge is -2.59. The number of carbonyl (C=O) groups is 1. The second-order valence-corrected chi connectivity index (χ2v) is 10.1. The summed E-state index contributed by atoms with van der Waals surface area (Å²) in [6.45, 7) is 5.36. The number of allylic oxidation sites excluding steroid dienone is 1. The number of alkyl halides is 3. The molecule has 0 radical (unpaired) electrons. The average molecular weight is 400 g/mol. The van der Waals surface area contributed by atoms with Crippen LogP contribution in [-0.4, -0.2) is 29.0 Å². The lowest BCUT2D eigenvalue weighted by atomic mass is 9.47. The Morgan fingerprint density at radius 3 is 2.46 bits per heavy atom. The Morgan fingerprint density at radius 2 is 1.82 bits per heavy atom. The highest BCUT2D eigenvalue weighted by atomic mass is 19.4. The maximum Gasteiger partial charge on any atom is 0.417 e. The van der Waals surface area contributed by atoms with Crippen LogP contribution in [0.1, 0.15) is 72.1 Å². The molecule has 0 aromatic carbocycles. The highest BCUT2D eigenvalue weighted by molar-refractivity contribution is 5.66. The van der Waals surface area contributed by atoms with Crippen LogP contribution in [0.25, 0.3) is 0 Å². The molecule has 28 heavy (non-hydrogen) atoms. The topological polar surface area (TPSA) is 46.5 Å². The van der Waals surface area contributed by atoms with E-state index in [0.717, 1.165) is 32.1 Å². The third-order valence-corrected chi connectivity index (χ3v) is 9.01. The normalized spacial score (nSPS) is 48.2. The monoisotopic (exact) mass is 400 g/mol. The summed E-state index contributed by atoms with van der Waals surface area (Å²) in [5.41, 5.74) is -2.37. The summed E-state index contributed by atoms with van der Waals surface area (Å²) in [5, 5.41) is 10.7. The number of rotatable bonds is 1. The average Bonchev–Trinajstić information content (AvgIpc) is 2.87. The summed E-state index contributed by atoms with van der Waals surface area (Å²) in [5.74, 6) is 0.181. The molecule has 0 aromatic rings. The number of hydrogen-bond donors (Lipinski definition) is 1. The van der Waals surface area contributed by atoms with Gasteiger partial charge in [0.05, 0.1) is 0 Å². The smallest absolute Gasteiger partial charge is 0.417 e. The summed E-state index contributed by atoms with van der Waals surface area (Å²) in [6.07, 6.45) is 2.21. The minimum atomic E-state index is -4.58. The van der Waals surface area contributed by atoms with Crippen molar-refractivity contribution < 1.29 is 27.8 Å². The molecule has 0 aliphatic heterocycles. The van der Waals surface area contributed by atoms with E-state index in [0.29, 0.717) is 18.8 Å². The molecular formula is C22H31F3O3. The van der Waals surface area contributed by atoms with E-state index >= 15 is 0 Å². The maximum absolute atomic E-state index is 13.8. The van der Waals surface area contributed by atoms with Crippen LogP contribution < -0.4 is 0 Å². The summed E-state index contributed by atoms with van der Waals surface area (Å²) in [6, 6.07) is 0. The van der Waals surface area contributed by atoms with Gasteiger partial charge in [-0.1, -0.05) is 25.5 Å². The zero-order valence-electron chi connectivity index (χ0n) is 16.9. The largest absolute Gasteiger partial charge is 0.462 e. The second-order valence-electron chi connectivity index (χ2n) is 10.1. The SMILES string of the molecule is CC(=O)OC1CC[C@@]2(C)C(=CCC3C2CC[C@@]2(C)C3CC[C@@]2(O)C(F)(F)F)C1. The summed E-state index contributed by atoms with van der Waals surface area (Å²) in [4.78, 5) is 11.3. The number of aliphatic hydroxyl groups is 1. The molecule has 4 unspecified atom stereocenters. The molecule has 0 saturated heterocycles. The first-order chi connectivity index (χ1) is 12.9. The Labute approximate surface area is 164 Å². The van der Waals surface area contributed by atoms with Crippen molar-refractivity contribution in [3.63, 3.8) is 0 Å². The Morgan fingerprint density at radius 1 is 1.14 bits per heavy atom. The minimum absolute atomic E-state index is 0.0279. The van der Waals surface area contributed by atoms with Gasteiger partial charge in [0, 0.05) is 18.8 Å². The Bertz CT molecular complexity index is 702. The molecule has 158 valence electrons. The third kappa shape index (κ3) is 2.62. The summed E-state index contributed by atoms with van der Waals surface area (Å²) in [7, 11) is 0. The van der Waals surface area contributed by atoms with Crippen LogP contribution >= 0.6 is 0 Å². The van der Waals surface area contributed by atoms with Gasteiger partial charge in [-0.25, -0.2) is 0 Å². The van der Waals surface area contributed by atoms with Crippen LogP contribution in [0.15, 0.2) is 11.6 Å². The summed E-state index contributed by atoms with van der Waals surface area (Å²) >= 11 is 0. The summed E-state index contributed by atoms with van der Waals surface area (Å²) < 4.78 is 46.8. The molecule has 7 atom stereocenters.